The zero-order valence-electron chi connectivity index (χ0n) is 10.4. The van der Waals surface area contributed by atoms with Gasteiger partial charge in [0.15, 0.2) is 5.75 Å². The molecule has 0 saturated carbocycles. The first kappa shape index (κ1) is 17.1. The maximum atomic E-state index is 11.7. The molecule has 0 aliphatic carbocycles. The Morgan fingerprint density at radius 3 is 2.74 bits per heavy atom. The van der Waals surface area contributed by atoms with Gasteiger partial charge in [-0.2, -0.15) is 0 Å². The van der Waals surface area contributed by atoms with Crippen LogP contribution in [0.2, 0.25) is 0 Å². The summed E-state index contributed by atoms with van der Waals surface area (Å²) in [5, 5.41) is 13.4. The maximum Gasteiger partial charge on any atom is 0.311 e. The van der Waals surface area contributed by atoms with Crippen molar-refractivity contribution in [2.75, 3.05) is 20.2 Å². The predicted octanol–water partition coefficient (Wildman–Crippen LogP) is 1.10. The summed E-state index contributed by atoms with van der Waals surface area (Å²) in [5.41, 5.74) is 5.29. The van der Waals surface area contributed by atoms with E-state index in [1.807, 2.05) is 0 Å². The molecular weight excluding hydrogens is 274 g/mol. The summed E-state index contributed by atoms with van der Waals surface area (Å²) in [6.45, 7) is 0.915. The molecule has 19 heavy (non-hydrogen) atoms. The molecule has 3 N–H and O–H groups in total. The van der Waals surface area contributed by atoms with Crippen LogP contribution in [0.5, 0.6) is 5.75 Å². The van der Waals surface area contributed by atoms with E-state index in [-0.39, 0.29) is 35.3 Å². The van der Waals surface area contributed by atoms with Gasteiger partial charge in [-0.25, -0.2) is 0 Å². The Labute approximate surface area is 116 Å². The largest absolute Gasteiger partial charge is 0.490 e. The topological polar surface area (TPSA) is 107 Å². The quantitative estimate of drug-likeness (QED) is 0.463. The van der Waals surface area contributed by atoms with Crippen molar-refractivity contribution in [1.82, 2.24) is 5.32 Å². The molecule has 0 aliphatic heterocycles. The SMILES string of the molecule is COc1ccc(C(=O)NCCCN)cc1[N+](=O)[O-].Cl. The first-order valence-electron chi connectivity index (χ1n) is 5.41. The Balaban J connectivity index is 0.00000324. The lowest BCUT2D eigenvalue weighted by molar-refractivity contribution is -0.385. The number of amides is 1. The number of hydrogen-bond donors (Lipinski definition) is 2. The highest BCUT2D eigenvalue weighted by molar-refractivity contribution is 5.95. The lowest BCUT2D eigenvalue weighted by Crippen LogP contribution is -2.25. The minimum absolute atomic E-state index is 0. The Hall–Kier alpha value is -1.86. The second-order valence-electron chi connectivity index (χ2n) is 3.54. The van der Waals surface area contributed by atoms with Gasteiger partial charge in [0.2, 0.25) is 0 Å². The third-order valence-electron chi connectivity index (χ3n) is 2.30. The number of ether oxygens (including phenoxy) is 1. The third-order valence-corrected chi connectivity index (χ3v) is 2.30. The summed E-state index contributed by atoms with van der Waals surface area (Å²) in [4.78, 5) is 21.9. The third kappa shape index (κ3) is 4.72. The lowest BCUT2D eigenvalue weighted by atomic mass is 10.1. The molecule has 106 valence electrons. The normalized spacial score (nSPS) is 9.37. The van der Waals surface area contributed by atoms with Gasteiger partial charge in [0.25, 0.3) is 5.91 Å². The number of nitro groups is 1. The first-order chi connectivity index (χ1) is 8.60. The molecule has 1 aromatic rings. The van der Waals surface area contributed by atoms with E-state index in [0.29, 0.717) is 19.5 Å². The minimum Gasteiger partial charge on any atom is -0.490 e. The average Bonchev–Trinajstić information content (AvgIpc) is 2.38. The zero-order chi connectivity index (χ0) is 13.5. The molecule has 1 aromatic carbocycles. The molecule has 0 heterocycles. The number of carbonyl (C=O) groups excluding carboxylic acids is 1. The van der Waals surface area contributed by atoms with Crippen molar-refractivity contribution in [3.8, 4) is 5.75 Å². The fraction of sp³-hybridized carbons (Fsp3) is 0.364. The molecule has 0 unspecified atom stereocenters. The number of benzene rings is 1. The minimum atomic E-state index is -0.588. The number of nitrogens with zero attached hydrogens (tertiary/aromatic N) is 1. The molecule has 0 radical (unpaired) electrons. The number of rotatable bonds is 6. The van der Waals surface area contributed by atoms with E-state index in [9.17, 15) is 14.9 Å². The Morgan fingerprint density at radius 1 is 1.53 bits per heavy atom. The molecule has 1 amide bonds. The molecule has 7 nitrogen and oxygen atoms in total. The highest BCUT2D eigenvalue weighted by Gasteiger charge is 2.17. The predicted molar refractivity (Wildman–Crippen MR) is 72.9 cm³/mol. The summed E-state index contributed by atoms with van der Waals surface area (Å²) in [6, 6.07) is 4.07. The number of carbonyl (C=O) groups is 1. The van der Waals surface area contributed by atoms with Crippen molar-refractivity contribution < 1.29 is 14.5 Å². The second-order valence-corrected chi connectivity index (χ2v) is 3.54. The van der Waals surface area contributed by atoms with Gasteiger partial charge < -0.3 is 15.8 Å². The molecule has 8 heteroatoms. The van der Waals surface area contributed by atoms with E-state index in [1.165, 1.54) is 25.3 Å². The van der Waals surface area contributed by atoms with Gasteiger partial charge in [-0.15, -0.1) is 12.4 Å². The van der Waals surface area contributed by atoms with Crippen LogP contribution in [0.3, 0.4) is 0 Å². The zero-order valence-corrected chi connectivity index (χ0v) is 11.2. The van der Waals surface area contributed by atoms with Gasteiger partial charge in [-0.1, -0.05) is 0 Å². The van der Waals surface area contributed by atoms with Crippen LogP contribution in [0.4, 0.5) is 5.69 Å². The summed E-state index contributed by atoms with van der Waals surface area (Å²) < 4.78 is 4.85. The van der Waals surface area contributed by atoms with Crippen molar-refractivity contribution in [2.24, 2.45) is 5.73 Å². The van der Waals surface area contributed by atoms with E-state index in [1.54, 1.807) is 0 Å². The van der Waals surface area contributed by atoms with Gasteiger partial charge in [0.05, 0.1) is 12.0 Å². The van der Waals surface area contributed by atoms with E-state index in [2.05, 4.69) is 5.32 Å². The first-order valence-corrected chi connectivity index (χ1v) is 5.41. The molecule has 0 fully saturated rings. The van der Waals surface area contributed by atoms with Crippen molar-refractivity contribution in [3.63, 3.8) is 0 Å². The van der Waals surface area contributed by atoms with Crippen molar-refractivity contribution in [1.29, 1.82) is 0 Å². The number of halogens is 1. The molecule has 1 rings (SSSR count). The molecule has 0 aliphatic rings. The number of methoxy groups -OCH3 is 1. The fourth-order valence-corrected chi connectivity index (χ4v) is 1.38. The monoisotopic (exact) mass is 289 g/mol. The average molecular weight is 290 g/mol. The van der Waals surface area contributed by atoms with Crippen LogP contribution >= 0.6 is 12.4 Å². The van der Waals surface area contributed by atoms with Crippen LogP contribution in [0.1, 0.15) is 16.8 Å². The van der Waals surface area contributed by atoms with Crippen LogP contribution in [-0.2, 0) is 0 Å². The molecule has 0 atom stereocenters. The summed E-state index contributed by atoms with van der Waals surface area (Å²) >= 11 is 0. The van der Waals surface area contributed by atoms with Crippen LogP contribution in [0.25, 0.3) is 0 Å². The van der Waals surface area contributed by atoms with Gasteiger partial charge in [0, 0.05) is 18.2 Å². The number of nitro benzene ring substituents is 1. The van der Waals surface area contributed by atoms with Crippen molar-refractivity contribution in [2.45, 2.75) is 6.42 Å². The van der Waals surface area contributed by atoms with Crippen molar-refractivity contribution >= 4 is 24.0 Å². The molecule has 0 spiro atoms. The Bertz CT molecular complexity index is 454. The summed E-state index contributed by atoms with van der Waals surface area (Å²) in [6.07, 6.45) is 0.657. The van der Waals surface area contributed by atoms with Crippen LogP contribution in [-0.4, -0.2) is 31.0 Å². The number of nitrogens with one attached hydrogen (secondary N) is 1. The summed E-state index contributed by atoms with van der Waals surface area (Å²) in [5.74, 6) is -0.243. The maximum absolute atomic E-state index is 11.7. The highest BCUT2D eigenvalue weighted by Crippen LogP contribution is 2.27. The van der Waals surface area contributed by atoms with Gasteiger partial charge in [-0.3, -0.25) is 14.9 Å². The van der Waals surface area contributed by atoms with E-state index >= 15 is 0 Å². The summed E-state index contributed by atoms with van der Waals surface area (Å²) in [7, 11) is 1.34. The van der Waals surface area contributed by atoms with Gasteiger partial charge >= 0.3 is 5.69 Å². The standard InChI is InChI=1S/C11H15N3O4.ClH/c1-18-10-4-3-8(7-9(10)14(16)17)11(15)13-6-2-5-12;/h3-4,7H,2,5-6,12H2,1H3,(H,13,15);1H. The van der Waals surface area contributed by atoms with Crippen molar-refractivity contribution in [3.05, 3.63) is 33.9 Å². The number of nitrogens with two attached hydrogens (primary N) is 1. The highest BCUT2D eigenvalue weighted by atomic mass is 35.5. The second kappa shape index (κ2) is 8.28. The van der Waals surface area contributed by atoms with Gasteiger partial charge in [0.1, 0.15) is 0 Å². The van der Waals surface area contributed by atoms with E-state index in [4.69, 9.17) is 10.5 Å². The van der Waals surface area contributed by atoms with Gasteiger partial charge in [-0.05, 0) is 25.1 Å². The molecule has 0 saturated heterocycles. The molecule has 0 aromatic heterocycles. The Morgan fingerprint density at radius 2 is 2.21 bits per heavy atom. The smallest absolute Gasteiger partial charge is 0.311 e. The van der Waals surface area contributed by atoms with Crippen LogP contribution in [0.15, 0.2) is 18.2 Å². The van der Waals surface area contributed by atoms with E-state index < -0.39 is 4.92 Å². The van der Waals surface area contributed by atoms with Crippen LogP contribution < -0.4 is 15.8 Å². The Kier molecular flexibility index (Phi) is 7.47. The molecular formula is C11H16ClN3O4. The lowest BCUT2D eigenvalue weighted by Gasteiger charge is -2.06. The number of hydrogen-bond acceptors (Lipinski definition) is 5. The molecule has 0 bridgehead atoms. The fourth-order valence-electron chi connectivity index (χ4n) is 1.38. The van der Waals surface area contributed by atoms with E-state index in [0.717, 1.165) is 0 Å². The van der Waals surface area contributed by atoms with Crippen LogP contribution in [0, 0.1) is 10.1 Å².